The van der Waals surface area contributed by atoms with Crippen LogP contribution in [0.1, 0.15) is 67.4 Å². The molecule has 0 bridgehead atoms. The fourth-order valence-corrected chi connectivity index (χ4v) is 5.54. The Bertz CT molecular complexity index is 1380. The normalized spacial score (nSPS) is 16.0. The molecule has 2 unspecified atom stereocenters. The van der Waals surface area contributed by atoms with Crippen molar-refractivity contribution in [3.05, 3.63) is 59.5 Å². The van der Waals surface area contributed by atoms with E-state index in [4.69, 9.17) is 19.0 Å². The molecule has 0 spiro atoms. The van der Waals surface area contributed by atoms with Gasteiger partial charge < -0.3 is 24.2 Å². The van der Waals surface area contributed by atoms with Crippen LogP contribution < -0.4 is 15.0 Å². The number of thiazole rings is 1. The highest BCUT2D eigenvalue weighted by molar-refractivity contribution is 7.19. The van der Waals surface area contributed by atoms with Crippen molar-refractivity contribution in [2.24, 2.45) is 5.92 Å². The minimum atomic E-state index is -0.391. The number of amides is 1. The first-order valence-corrected chi connectivity index (χ1v) is 14.1. The number of pyridine rings is 1. The molecule has 5 rings (SSSR count). The lowest BCUT2D eigenvalue weighted by molar-refractivity contribution is 0.0894. The fraction of sp³-hybridized carbons (Fsp3) is 0.464. The van der Waals surface area contributed by atoms with Crippen molar-refractivity contribution in [2.45, 2.75) is 51.7 Å². The zero-order chi connectivity index (χ0) is 27.4. The lowest BCUT2D eigenvalue weighted by atomic mass is 9.92. The lowest BCUT2D eigenvalue weighted by Gasteiger charge is -2.33. The van der Waals surface area contributed by atoms with Crippen LogP contribution in [0.3, 0.4) is 0 Å². The molecule has 1 aromatic carbocycles. The number of nitrogens with zero attached hydrogens (tertiary/aromatic N) is 5. The molecule has 1 aliphatic heterocycles. The Morgan fingerprint density at radius 3 is 2.56 bits per heavy atom. The van der Waals surface area contributed by atoms with E-state index in [-0.39, 0.29) is 17.9 Å². The summed E-state index contributed by atoms with van der Waals surface area (Å²) < 4.78 is 17.1. The number of anilines is 1. The zero-order valence-electron chi connectivity index (χ0n) is 22.7. The average molecular weight is 551 g/mol. The number of benzene rings is 1. The molecule has 1 saturated heterocycles. The minimum Gasteiger partial charge on any atom is -0.467 e. The third-order valence-electron chi connectivity index (χ3n) is 7.00. The Morgan fingerprint density at radius 1 is 1.10 bits per heavy atom. The van der Waals surface area contributed by atoms with Gasteiger partial charge in [-0.15, -0.1) is 0 Å². The van der Waals surface area contributed by atoms with Crippen LogP contribution in [-0.4, -0.2) is 58.9 Å². The van der Waals surface area contributed by atoms with Crippen LogP contribution in [0.15, 0.2) is 47.0 Å². The van der Waals surface area contributed by atoms with E-state index in [1.54, 1.807) is 19.2 Å². The van der Waals surface area contributed by atoms with Crippen LogP contribution in [0, 0.1) is 5.92 Å². The highest BCUT2D eigenvalue weighted by Gasteiger charge is 2.28. The molecule has 206 valence electrons. The van der Waals surface area contributed by atoms with Gasteiger partial charge in [-0.3, -0.25) is 4.79 Å². The molecule has 1 aliphatic rings. The lowest BCUT2D eigenvalue weighted by Crippen LogP contribution is -2.38. The summed E-state index contributed by atoms with van der Waals surface area (Å²) in [7, 11) is 1.61. The van der Waals surface area contributed by atoms with E-state index in [0.717, 1.165) is 42.1 Å². The number of ether oxygens (including phenoxy) is 2. The van der Waals surface area contributed by atoms with Crippen LogP contribution in [-0.2, 0) is 4.74 Å². The van der Waals surface area contributed by atoms with Crippen molar-refractivity contribution in [1.82, 2.24) is 25.4 Å². The summed E-state index contributed by atoms with van der Waals surface area (Å²) in [6.07, 6.45) is 1.94. The second-order valence-electron chi connectivity index (χ2n) is 10.1. The monoisotopic (exact) mass is 550 g/mol. The molecule has 11 heteroatoms. The van der Waals surface area contributed by atoms with E-state index >= 15 is 0 Å². The van der Waals surface area contributed by atoms with Gasteiger partial charge in [-0.2, -0.15) is 4.98 Å². The molecule has 10 nitrogen and oxygen atoms in total. The Hall–Kier alpha value is -3.57. The van der Waals surface area contributed by atoms with E-state index in [0.29, 0.717) is 35.0 Å². The van der Waals surface area contributed by atoms with Gasteiger partial charge >= 0.3 is 6.01 Å². The van der Waals surface area contributed by atoms with Crippen molar-refractivity contribution < 1.29 is 18.8 Å². The molecule has 0 radical (unpaired) electrons. The summed E-state index contributed by atoms with van der Waals surface area (Å²) in [5.74, 6) is 1.20. The number of aromatic nitrogens is 4. The third-order valence-corrected chi connectivity index (χ3v) is 7.85. The number of fused-ring (bicyclic) bond motifs is 1. The molecule has 39 heavy (non-hydrogen) atoms. The van der Waals surface area contributed by atoms with Gasteiger partial charge in [0.1, 0.15) is 16.5 Å². The van der Waals surface area contributed by atoms with Gasteiger partial charge in [0, 0.05) is 31.7 Å². The number of methoxy groups -OCH3 is 1. The van der Waals surface area contributed by atoms with Gasteiger partial charge in [-0.25, -0.2) is 9.97 Å². The maximum atomic E-state index is 12.7. The zero-order valence-corrected chi connectivity index (χ0v) is 23.5. The average Bonchev–Trinajstić information content (AvgIpc) is 3.60. The van der Waals surface area contributed by atoms with Gasteiger partial charge in [-0.1, -0.05) is 48.5 Å². The Balaban J connectivity index is 1.21. The maximum absolute atomic E-state index is 12.7. The van der Waals surface area contributed by atoms with Crippen LogP contribution in [0.4, 0.5) is 6.01 Å². The third kappa shape index (κ3) is 6.36. The number of carbonyl (C=O) groups excluding carboxylic acids is 1. The van der Waals surface area contributed by atoms with Gasteiger partial charge in [-0.05, 0) is 49.9 Å². The summed E-state index contributed by atoms with van der Waals surface area (Å²) in [4.78, 5) is 29.6. The molecule has 4 aromatic rings. The number of rotatable bonds is 10. The molecule has 0 aliphatic carbocycles. The molecule has 1 fully saturated rings. The fourth-order valence-electron chi connectivity index (χ4n) is 4.66. The molecule has 4 heterocycles. The predicted octanol–water partition coefficient (Wildman–Crippen LogP) is 5.00. The second-order valence-corrected chi connectivity index (χ2v) is 11.1. The molecule has 0 saturated carbocycles. The summed E-state index contributed by atoms with van der Waals surface area (Å²) in [5.41, 5.74) is 2.07. The highest BCUT2D eigenvalue weighted by Crippen LogP contribution is 2.32. The first kappa shape index (κ1) is 27.0. The van der Waals surface area contributed by atoms with E-state index in [1.807, 2.05) is 30.3 Å². The van der Waals surface area contributed by atoms with Gasteiger partial charge in [0.2, 0.25) is 0 Å². The summed E-state index contributed by atoms with van der Waals surface area (Å²) in [6.45, 7) is 8.21. The van der Waals surface area contributed by atoms with Crippen molar-refractivity contribution in [2.75, 3.05) is 31.7 Å². The topological polar surface area (TPSA) is 116 Å². The Morgan fingerprint density at radius 2 is 1.87 bits per heavy atom. The highest BCUT2D eigenvalue weighted by atomic mass is 32.1. The van der Waals surface area contributed by atoms with E-state index < -0.39 is 6.04 Å². The number of hydrogen-bond donors (Lipinski definition) is 1. The Labute approximate surface area is 231 Å². The number of hydrogen-bond acceptors (Lipinski definition) is 10. The van der Waals surface area contributed by atoms with Crippen molar-refractivity contribution in [3.63, 3.8) is 0 Å². The summed E-state index contributed by atoms with van der Waals surface area (Å²) in [5, 5.41) is 7.71. The van der Waals surface area contributed by atoms with Crippen LogP contribution in [0.2, 0.25) is 0 Å². The van der Waals surface area contributed by atoms with Gasteiger partial charge in [0.05, 0.1) is 18.3 Å². The molecular weight excluding hydrogens is 516 g/mol. The minimum absolute atomic E-state index is 0.00694. The summed E-state index contributed by atoms with van der Waals surface area (Å²) in [6, 6.07) is 13.1. The van der Waals surface area contributed by atoms with E-state index in [9.17, 15) is 4.79 Å². The van der Waals surface area contributed by atoms with E-state index in [2.05, 4.69) is 46.1 Å². The molecule has 1 amide bonds. The van der Waals surface area contributed by atoms with Crippen molar-refractivity contribution in [1.29, 1.82) is 0 Å². The number of piperidine rings is 1. The number of nitrogens with one attached hydrogen (secondary N) is 1. The predicted molar refractivity (Wildman–Crippen MR) is 149 cm³/mol. The van der Waals surface area contributed by atoms with E-state index in [1.165, 1.54) is 11.3 Å². The molecular formula is C28H34N6O4S. The first-order chi connectivity index (χ1) is 18.9. The molecule has 2 atom stereocenters. The van der Waals surface area contributed by atoms with Crippen LogP contribution in [0.25, 0.3) is 10.3 Å². The SMILES string of the molecule is COCC(NC(=O)c1ccccc1)c1ccc2nc(OC(C)C3CCN(c4nc(C(C)C)no4)CC3)sc2n1. The van der Waals surface area contributed by atoms with Gasteiger partial charge in [0.15, 0.2) is 5.82 Å². The molecule has 1 N–H and O–H groups in total. The standard InChI is InChI=1S/C28H34N6O4S/c1-17(2)24-32-27(38-33-24)34-14-12-19(13-15-34)18(3)37-28-31-22-11-10-21(30-26(22)39-28)23(16-36-4)29-25(35)20-8-6-5-7-9-20/h5-11,17-19,23H,12-16H2,1-4H3,(H,29,35). The summed E-state index contributed by atoms with van der Waals surface area (Å²) >= 11 is 1.42. The van der Waals surface area contributed by atoms with Crippen molar-refractivity contribution >= 4 is 33.6 Å². The second kappa shape index (κ2) is 12.1. The Kier molecular flexibility index (Phi) is 8.37. The smallest absolute Gasteiger partial charge is 0.324 e. The quantitative estimate of drug-likeness (QED) is 0.291. The van der Waals surface area contributed by atoms with Crippen LogP contribution in [0.5, 0.6) is 5.19 Å². The maximum Gasteiger partial charge on any atom is 0.324 e. The van der Waals surface area contributed by atoms with Crippen LogP contribution >= 0.6 is 11.3 Å². The van der Waals surface area contributed by atoms with Gasteiger partial charge in [0.25, 0.3) is 11.1 Å². The number of carbonyl (C=O) groups is 1. The first-order valence-electron chi connectivity index (χ1n) is 13.3. The largest absolute Gasteiger partial charge is 0.467 e. The molecule has 3 aromatic heterocycles. The van der Waals surface area contributed by atoms with Crippen molar-refractivity contribution in [3.8, 4) is 5.19 Å².